The van der Waals surface area contributed by atoms with Crippen molar-refractivity contribution in [3.63, 3.8) is 0 Å². The van der Waals surface area contributed by atoms with E-state index in [1.807, 2.05) is 0 Å². The molecule has 1 N–H and O–H groups in total. The molecule has 1 aliphatic heterocycles. The van der Waals surface area contributed by atoms with Gasteiger partial charge in [-0.3, -0.25) is 4.79 Å². The fourth-order valence-corrected chi connectivity index (χ4v) is 4.13. The van der Waals surface area contributed by atoms with Crippen molar-refractivity contribution in [2.45, 2.75) is 59.0 Å². The van der Waals surface area contributed by atoms with Gasteiger partial charge in [0.25, 0.3) is 0 Å². The van der Waals surface area contributed by atoms with Gasteiger partial charge in [0.05, 0.1) is 0 Å². The van der Waals surface area contributed by atoms with Gasteiger partial charge in [-0.05, 0) is 30.6 Å². The van der Waals surface area contributed by atoms with Gasteiger partial charge in [0.2, 0.25) is 5.91 Å². The standard InChI is InChI=1S/C15H22N2O3/c1-14(2)9-6-7-15(14,3)11(8-9)20-13(19)10-4-5-12(18)17-16-10/h9,11H,4-8H2,1-3H3,(H,17,18). The van der Waals surface area contributed by atoms with Crippen LogP contribution < -0.4 is 5.43 Å². The Bertz CT molecular complexity index is 497. The van der Waals surface area contributed by atoms with Crippen LogP contribution >= 0.6 is 0 Å². The molecular weight excluding hydrogens is 256 g/mol. The number of nitrogens with one attached hydrogen (secondary N) is 1. The number of hydrogen-bond donors (Lipinski definition) is 1. The average molecular weight is 278 g/mol. The summed E-state index contributed by atoms with van der Waals surface area (Å²) in [5.41, 5.74) is 2.97. The van der Waals surface area contributed by atoms with Gasteiger partial charge in [-0.25, -0.2) is 10.2 Å². The van der Waals surface area contributed by atoms with Crippen molar-refractivity contribution in [3.05, 3.63) is 0 Å². The number of ether oxygens (including phenoxy) is 1. The number of nitrogens with zero attached hydrogens (tertiary/aromatic N) is 1. The van der Waals surface area contributed by atoms with Crippen molar-refractivity contribution in [3.8, 4) is 0 Å². The minimum Gasteiger partial charge on any atom is -0.457 e. The molecule has 3 rings (SSSR count). The van der Waals surface area contributed by atoms with E-state index in [1.54, 1.807) is 0 Å². The Morgan fingerprint density at radius 2 is 2.10 bits per heavy atom. The van der Waals surface area contributed by atoms with Crippen LogP contribution in [0.2, 0.25) is 0 Å². The Morgan fingerprint density at radius 1 is 1.35 bits per heavy atom. The number of fused-ring (bicyclic) bond motifs is 2. The molecule has 0 aromatic heterocycles. The van der Waals surface area contributed by atoms with Crippen molar-refractivity contribution < 1.29 is 14.3 Å². The first-order valence-corrected chi connectivity index (χ1v) is 7.41. The molecule has 5 heteroatoms. The Labute approximate surface area is 119 Å². The Morgan fingerprint density at radius 3 is 2.60 bits per heavy atom. The van der Waals surface area contributed by atoms with Crippen LogP contribution in [0.1, 0.15) is 52.9 Å². The second-order valence-corrected chi connectivity index (χ2v) is 7.10. The van der Waals surface area contributed by atoms with E-state index in [1.165, 1.54) is 6.42 Å². The van der Waals surface area contributed by atoms with E-state index in [0.29, 0.717) is 24.5 Å². The number of hydrogen-bond acceptors (Lipinski definition) is 4. The van der Waals surface area contributed by atoms with Crippen molar-refractivity contribution in [1.29, 1.82) is 0 Å². The van der Waals surface area contributed by atoms with Gasteiger partial charge >= 0.3 is 5.97 Å². The maximum absolute atomic E-state index is 12.2. The van der Waals surface area contributed by atoms with Gasteiger partial charge in [-0.2, -0.15) is 5.10 Å². The maximum atomic E-state index is 12.2. The number of esters is 1. The predicted molar refractivity (Wildman–Crippen MR) is 73.9 cm³/mol. The number of carbonyl (C=O) groups is 2. The summed E-state index contributed by atoms with van der Waals surface area (Å²) >= 11 is 0. The van der Waals surface area contributed by atoms with Crippen LogP contribution in [0.25, 0.3) is 0 Å². The highest BCUT2D eigenvalue weighted by molar-refractivity contribution is 6.37. The van der Waals surface area contributed by atoms with Gasteiger partial charge in [-0.1, -0.05) is 20.8 Å². The average Bonchev–Trinajstić information content (AvgIpc) is 2.72. The topological polar surface area (TPSA) is 67.8 Å². The highest BCUT2D eigenvalue weighted by atomic mass is 16.5. The molecule has 0 radical (unpaired) electrons. The zero-order chi connectivity index (χ0) is 14.5. The van der Waals surface area contributed by atoms with Crippen molar-refractivity contribution >= 4 is 17.6 Å². The van der Waals surface area contributed by atoms with Gasteiger partial charge in [-0.15, -0.1) is 0 Å². The smallest absolute Gasteiger partial charge is 0.354 e. The monoisotopic (exact) mass is 278 g/mol. The van der Waals surface area contributed by atoms with Crippen LogP contribution in [0.5, 0.6) is 0 Å². The maximum Gasteiger partial charge on any atom is 0.354 e. The number of carbonyl (C=O) groups excluding carboxylic acids is 2. The molecule has 2 fully saturated rings. The fraction of sp³-hybridized carbons (Fsp3) is 0.800. The predicted octanol–water partition coefficient (Wildman–Crippen LogP) is 2.01. The molecule has 3 unspecified atom stereocenters. The van der Waals surface area contributed by atoms with E-state index in [4.69, 9.17) is 4.74 Å². The van der Waals surface area contributed by atoms with Gasteiger partial charge in [0, 0.05) is 18.3 Å². The Kier molecular flexibility index (Phi) is 2.92. The molecule has 1 heterocycles. The first-order valence-electron chi connectivity index (χ1n) is 7.41. The molecule has 0 spiro atoms. The van der Waals surface area contributed by atoms with Gasteiger partial charge in [0.15, 0.2) is 0 Å². The van der Waals surface area contributed by atoms with Gasteiger partial charge in [0.1, 0.15) is 11.8 Å². The molecule has 20 heavy (non-hydrogen) atoms. The van der Waals surface area contributed by atoms with Crippen LogP contribution in [0.4, 0.5) is 0 Å². The lowest BCUT2D eigenvalue weighted by Crippen LogP contribution is -2.40. The lowest BCUT2D eigenvalue weighted by Gasteiger charge is -2.38. The van der Waals surface area contributed by atoms with Crippen LogP contribution in [0.3, 0.4) is 0 Å². The third-order valence-corrected chi connectivity index (χ3v) is 6.10. The Balaban J connectivity index is 1.71. The highest BCUT2D eigenvalue weighted by Gasteiger charge is 2.62. The minimum atomic E-state index is -0.362. The first kappa shape index (κ1) is 13.6. The molecule has 0 saturated heterocycles. The summed E-state index contributed by atoms with van der Waals surface area (Å²) in [5, 5.41) is 3.82. The van der Waals surface area contributed by atoms with E-state index in [-0.39, 0.29) is 28.8 Å². The summed E-state index contributed by atoms with van der Waals surface area (Å²) < 4.78 is 5.74. The third-order valence-electron chi connectivity index (χ3n) is 6.10. The zero-order valence-electron chi connectivity index (χ0n) is 12.4. The SMILES string of the molecule is CC1(C)C2CCC1(C)C(OC(=O)C1=NNC(=O)CC1)C2. The summed E-state index contributed by atoms with van der Waals surface area (Å²) in [5.74, 6) is 0.132. The molecule has 3 aliphatic rings. The second-order valence-electron chi connectivity index (χ2n) is 7.10. The number of hydrazone groups is 1. The molecule has 0 aromatic carbocycles. The van der Waals surface area contributed by atoms with Crippen molar-refractivity contribution in [1.82, 2.24) is 5.43 Å². The summed E-state index contributed by atoms with van der Waals surface area (Å²) in [6, 6.07) is 0. The van der Waals surface area contributed by atoms with Crippen molar-refractivity contribution in [2.24, 2.45) is 21.8 Å². The largest absolute Gasteiger partial charge is 0.457 e. The molecule has 2 aliphatic carbocycles. The van der Waals surface area contributed by atoms with Crippen LogP contribution in [-0.2, 0) is 14.3 Å². The Hall–Kier alpha value is -1.39. The minimum absolute atomic E-state index is 0.0240. The highest BCUT2D eigenvalue weighted by Crippen LogP contribution is 2.66. The van der Waals surface area contributed by atoms with Crippen molar-refractivity contribution in [2.75, 3.05) is 0 Å². The van der Waals surface area contributed by atoms with E-state index in [9.17, 15) is 9.59 Å². The number of amides is 1. The van der Waals surface area contributed by atoms with Crippen LogP contribution in [0.15, 0.2) is 5.10 Å². The summed E-state index contributed by atoms with van der Waals surface area (Å²) in [6.07, 6.45) is 3.96. The lowest BCUT2D eigenvalue weighted by atomic mass is 9.70. The molecular formula is C15H22N2O3. The third kappa shape index (κ3) is 1.79. The molecule has 2 saturated carbocycles. The molecule has 5 nitrogen and oxygen atoms in total. The number of rotatable bonds is 2. The van der Waals surface area contributed by atoms with Crippen LogP contribution in [0, 0.1) is 16.7 Å². The molecule has 0 aromatic rings. The second kappa shape index (κ2) is 4.30. The molecule has 3 atom stereocenters. The first-order chi connectivity index (χ1) is 9.34. The van der Waals surface area contributed by atoms with E-state index in [2.05, 4.69) is 31.3 Å². The summed E-state index contributed by atoms with van der Waals surface area (Å²) in [6.45, 7) is 6.82. The van der Waals surface area contributed by atoms with E-state index >= 15 is 0 Å². The van der Waals surface area contributed by atoms with Gasteiger partial charge < -0.3 is 4.74 Å². The lowest BCUT2D eigenvalue weighted by molar-refractivity contribution is -0.148. The van der Waals surface area contributed by atoms with E-state index in [0.717, 1.165) is 12.8 Å². The zero-order valence-corrected chi connectivity index (χ0v) is 12.4. The molecule has 110 valence electrons. The normalized spacial score (nSPS) is 38.4. The summed E-state index contributed by atoms with van der Waals surface area (Å²) in [4.78, 5) is 23.2. The summed E-state index contributed by atoms with van der Waals surface area (Å²) in [7, 11) is 0. The molecule has 2 bridgehead atoms. The molecule has 1 amide bonds. The fourth-order valence-electron chi connectivity index (χ4n) is 4.13. The van der Waals surface area contributed by atoms with Crippen LogP contribution in [-0.4, -0.2) is 23.7 Å². The quantitative estimate of drug-likeness (QED) is 0.786. The van der Waals surface area contributed by atoms with E-state index < -0.39 is 0 Å².